The molecule has 0 aliphatic carbocycles. The second kappa shape index (κ2) is 7.16. The minimum Gasteiger partial charge on any atom is -0.493 e. The van der Waals surface area contributed by atoms with Crippen LogP contribution in [0.4, 0.5) is 13.2 Å². The highest BCUT2D eigenvalue weighted by molar-refractivity contribution is 5.40. The lowest BCUT2D eigenvalue weighted by Crippen LogP contribution is -2.24. The van der Waals surface area contributed by atoms with Crippen LogP contribution in [-0.4, -0.2) is 30.7 Å². The Morgan fingerprint density at radius 2 is 1.81 bits per heavy atom. The number of nitrogens with zero attached hydrogens (tertiary/aromatic N) is 3. The summed E-state index contributed by atoms with van der Waals surface area (Å²) in [6, 6.07) is 6.16. The molecule has 0 aliphatic rings. The second-order valence-corrected chi connectivity index (χ2v) is 5.58. The molecule has 10 heteroatoms. The number of aromatic hydroxyl groups is 1. The molecule has 0 radical (unpaired) electrons. The van der Waals surface area contributed by atoms with E-state index in [1.807, 2.05) is 0 Å². The first-order valence-corrected chi connectivity index (χ1v) is 7.68. The molecular formula is C17H14F3N3O4. The molecule has 0 bridgehead atoms. The van der Waals surface area contributed by atoms with Gasteiger partial charge in [-0.2, -0.15) is 0 Å². The predicted molar refractivity (Wildman–Crippen MR) is 87.6 cm³/mol. The van der Waals surface area contributed by atoms with Crippen molar-refractivity contribution in [3.8, 4) is 17.3 Å². The number of alkyl halides is 3. The number of halogens is 3. The number of ether oxygens (including phenoxy) is 1. The van der Waals surface area contributed by atoms with Crippen LogP contribution in [0, 0.1) is 0 Å². The standard InChI is InChI=1S/C17H14F3N3O4/c18-17(19,20)27-14-3-1-13(2-4-14)23-15(25)9-22(16(23)26)8-11-5-6-21-7-12(11)10-24/h1-7,9,24-25H,8,10H2. The summed E-state index contributed by atoms with van der Waals surface area (Å²) >= 11 is 0. The monoisotopic (exact) mass is 381 g/mol. The molecule has 0 fully saturated rings. The predicted octanol–water partition coefficient (Wildman–Crippen LogP) is 2.18. The van der Waals surface area contributed by atoms with Crippen molar-refractivity contribution < 1.29 is 28.1 Å². The van der Waals surface area contributed by atoms with Crippen LogP contribution in [-0.2, 0) is 13.2 Å². The summed E-state index contributed by atoms with van der Waals surface area (Å²) in [6.07, 6.45) is -0.644. The first-order valence-electron chi connectivity index (χ1n) is 7.68. The minimum atomic E-state index is -4.82. The van der Waals surface area contributed by atoms with Gasteiger partial charge < -0.3 is 14.9 Å². The molecule has 7 nitrogen and oxygen atoms in total. The van der Waals surface area contributed by atoms with Crippen LogP contribution >= 0.6 is 0 Å². The lowest BCUT2D eigenvalue weighted by Gasteiger charge is -2.09. The molecule has 2 N–H and O–H groups in total. The van der Waals surface area contributed by atoms with E-state index < -0.39 is 17.8 Å². The van der Waals surface area contributed by atoms with Crippen LogP contribution in [0.1, 0.15) is 11.1 Å². The van der Waals surface area contributed by atoms with E-state index in [4.69, 9.17) is 0 Å². The van der Waals surface area contributed by atoms with Crippen molar-refractivity contribution >= 4 is 0 Å². The van der Waals surface area contributed by atoms with E-state index >= 15 is 0 Å². The summed E-state index contributed by atoms with van der Waals surface area (Å²) in [5.74, 6) is -0.827. The molecule has 0 amide bonds. The van der Waals surface area contributed by atoms with Crippen LogP contribution < -0.4 is 10.4 Å². The van der Waals surface area contributed by atoms with Gasteiger partial charge in [0.05, 0.1) is 25.0 Å². The zero-order valence-electron chi connectivity index (χ0n) is 13.7. The van der Waals surface area contributed by atoms with Gasteiger partial charge in [0.1, 0.15) is 5.75 Å². The maximum absolute atomic E-state index is 12.6. The van der Waals surface area contributed by atoms with Crippen LogP contribution in [0.5, 0.6) is 11.6 Å². The van der Waals surface area contributed by atoms with E-state index in [1.54, 1.807) is 6.07 Å². The van der Waals surface area contributed by atoms with Crippen LogP contribution in [0.2, 0.25) is 0 Å². The SMILES string of the molecule is O=c1n(Cc2ccncc2CO)cc(O)n1-c1ccc(OC(F)(F)F)cc1. The number of imidazole rings is 1. The summed E-state index contributed by atoms with van der Waals surface area (Å²) < 4.78 is 42.6. The molecule has 27 heavy (non-hydrogen) atoms. The van der Waals surface area contributed by atoms with Crippen molar-refractivity contribution in [2.75, 3.05) is 0 Å². The number of aliphatic hydroxyl groups is 1. The smallest absolute Gasteiger partial charge is 0.493 e. The molecule has 142 valence electrons. The van der Waals surface area contributed by atoms with Gasteiger partial charge in [0.2, 0.25) is 5.88 Å². The van der Waals surface area contributed by atoms with E-state index in [9.17, 15) is 28.2 Å². The van der Waals surface area contributed by atoms with Gasteiger partial charge in [0.15, 0.2) is 0 Å². The van der Waals surface area contributed by atoms with E-state index in [-0.39, 0.29) is 24.7 Å². The first kappa shape index (κ1) is 18.5. The van der Waals surface area contributed by atoms with Crippen LogP contribution in [0.25, 0.3) is 5.69 Å². The molecular weight excluding hydrogens is 367 g/mol. The Labute approximate surface area is 150 Å². The Morgan fingerprint density at radius 1 is 1.11 bits per heavy atom. The zero-order chi connectivity index (χ0) is 19.6. The van der Waals surface area contributed by atoms with Crippen molar-refractivity contribution in [3.63, 3.8) is 0 Å². The van der Waals surface area contributed by atoms with Crippen LogP contribution in [0.15, 0.2) is 53.7 Å². The van der Waals surface area contributed by atoms with Crippen molar-refractivity contribution in [1.29, 1.82) is 0 Å². The number of hydrogen-bond acceptors (Lipinski definition) is 5. The molecule has 3 rings (SSSR count). The fourth-order valence-electron chi connectivity index (χ4n) is 2.57. The molecule has 2 aromatic heterocycles. The Bertz CT molecular complexity index is 994. The molecule has 0 atom stereocenters. The van der Waals surface area contributed by atoms with E-state index in [0.717, 1.165) is 16.7 Å². The molecule has 0 unspecified atom stereocenters. The summed E-state index contributed by atoms with van der Waals surface area (Å²) in [6.45, 7) is -0.182. The fraction of sp³-hybridized carbons (Fsp3) is 0.176. The second-order valence-electron chi connectivity index (χ2n) is 5.58. The Hall–Kier alpha value is -3.27. The highest BCUT2D eigenvalue weighted by Crippen LogP contribution is 2.24. The van der Waals surface area contributed by atoms with Gasteiger partial charge in [-0.05, 0) is 35.9 Å². The summed E-state index contributed by atoms with van der Waals surface area (Å²) in [5, 5.41) is 19.4. The van der Waals surface area contributed by atoms with Crippen molar-refractivity contribution in [1.82, 2.24) is 14.1 Å². The Balaban J connectivity index is 1.91. The van der Waals surface area contributed by atoms with Crippen molar-refractivity contribution in [2.24, 2.45) is 0 Å². The largest absolute Gasteiger partial charge is 0.573 e. The van der Waals surface area contributed by atoms with Gasteiger partial charge in [0.25, 0.3) is 0 Å². The van der Waals surface area contributed by atoms with Gasteiger partial charge in [-0.3, -0.25) is 9.55 Å². The van der Waals surface area contributed by atoms with Crippen LogP contribution in [0.3, 0.4) is 0 Å². The van der Waals surface area contributed by atoms with Crippen molar-refractivity contribution in [3.05, 3.63) is 70.5 Å². The lowest BCUT2D eigenvalue weighted by atomic mass is 10.1. The third kappa shape index (κ3) is 4.11. The van der Waals surface area contributed by atoms with Gasteiger partial charge in [0, 0.05) is 18.0 Å². The van der Waals surface area contributed by atoms with Gasteiger partial charge in [-0.1, -0.05) is 0 Å². The number of aliphatic hydroxyl groups excluding tert-OH is 1. The molecule has 2 heterocycles. The molecule has 0 aliphatic heterocycles. The number of benzene rings is 1. The summed E-state index contributed by atoms with van der Waals surface area (Å²) in [4.78, 5) is 16.5. The topological polar surface area (TPSA) is 89.5 Å². The van der Waals surface area contributed by atoms with Gasteiger partial charge in [-0.25, -0.2) is 9.36 Å². The maximum Gasteiger partial charge on any atom is 0.573 e. The Morgan fingerprint density at radius 3 is 2.44 bits per heavy atom. The molecule has 0 spiro atoms. The number of aromatic nitrogens is 3. The maximum atomic E-state index is 12.6. The molecule has 0 saturated carbocycles. The first-order chi connectivity index (χ1) is 12.8. The lowest BCUT2D eigenvalue weighted by molar-refractivity contribution is -0.274. The normalized spacial score (nSPS) is 11.6. The highest BCUT2D eigenvalue weighted by Gasteiger charge is 2.31. The number of hydrogen-bond donors (Lipinski definition) is 2. The summed E-state index contributed by atoms with van der Waals surface area (Å²) in [5.41, 5.74) is 0.742. The number of rotatable bonds is 5. The van der Waals surface area contributed by atoms with Crippen molar-refractivity contribution in [2.45, 2.75) is 19.5 Å². The highest BCUT2D eigenvalue weighted by atomic mass is 19.4. The van der Waals surface area contributed by atoms with E-state index in [0.29, 0.717) is 11.1 Å². The minimum absolute atomic E-state index is 0.0765. The third-order valence-electron chi connectivity index (χ3n) is 3.78. The van der Waals surface area contributed by atoms with Gasteiger partial charge >= 0.3 is 12.1 Å². The molecule has 0 saturated heterocycles. The zero-order valence-corrected chi connectivity index (χ0v) is 13.7. The van der Waals surface area contributed by atoms with E-state index in [2.05, 4.69) is 9.72 Å². The quantitative estimate of drug-likeness (QED) is 0.707. The average molecular weight is 381 g/mol. The fourth-order valence-corrected chi connectivity index (χ4v) is 2.57. The molecule has 3 aromatic rings. The van der Waals surface area contributed by atoms with E-state index in [1.165, 1.54) is 35.3 Å². The average Bonchev–Trinajstić information content (AvgIpc) is 2.88. The molecule has 1 aromatic carbocycles. The number of pyridine rings is 1. The van der Waals surface area contributed by atoms with Gasteiger partial charge in [-0.15, -0.1) is 13.2 Å². The summed E-state index contributed by atoms with van der Waals surface area (Å²) in [7, 11) is 0. The third-order valence-corrected chi connectivity index (χ3v) is 3.78. The Kier molecular flexibility index (Phi) is 4.91.